The zero-order chi connectivity index (χ0) is 15.2. The van der Waals surface area contributed by atoms with E-state index in [1.807, 2.05) is 56.3 Å². The molecule has 0 unspecified atom stereocenters. The fourth-order valence-electron chi connectivity index (χ4n) is 3.11. The molecule has 0 saturated carbocycles. The molecule has 1 atom stereocenters. The number of fused-ring (bicyclic) bond motifs is 1. The van der Waals surface area contributed by atoms with E-state index in [2.05, 4.69) is 0 Å². The molecule has 0 fully saturated rings. The highest BCUT2D eigenvalue weighted by Gasteiger charge is 2.39. The van der Waals surface area contributed by atoms with Gasteiger partial charge in [0.15, 0.2) is 5.78 Å². The fraction of sp³-hybridized carbons (Fsp3) is 0.278. The van der Waals surface area contributed by atoms with Crippen LogP contribution in [0.5, 0.6) is 0 Å². The molecule has 0 radical (unpaired) electrons. The summed E-state index contributed by atoms with van der Waals surface area (Å²) in [6.07, 6.45) is 0.779. The maximum absolute atomic E-state index is 12.6. The molecule has 3 rings (SSSR count). The highest BCUT2D eigenvalue weighted by atomic mass is 35.5. The lowest BCUT2D eigenvalue weighted by Gasteiger charge is -2.36. The quantitative estimate of drug-likeness (QED) is 0.655. The van der Waals surface area contributed by atoms with Gasteiger partial charge in [-0.3, -0.25) is 4.79 Å². The number of hydrogen-bond donors (Lipinski definition) is 0. The van der Waals surface area contributed by atoms with Gasteiger partial charge < -0.3 is 0 Å². The zero-order valence-corrected chi connectivity index (χ0v) is 13.5. The van der Waals surface area contributed by atoms with Crippen molar-refractivity contribution in [3.63, 3.8) is 0 Å². The number of carbonyl (C=O) groups is 1. The Bertz CT molecular complexity index is 719. The molecular weight excluding hydrogens is 303 g/mol. The smallest absolute Gasteiger partial charge is 0.168 e. The van der Waals surface area contributed by atoms with Crippen molar-refractivity contribution >= 4 is 29.0 Å². The predicted octanol–water partition coefficient (Wildman–Crippen LogP) is 5.74. The van der Waals surface area contributed by atoms with E-state index in [-0.39, 0.29) is 17.1 Å². The number of halogens is 2. The molecule has 108 valence electrons. The Morgan fingerprint density at radius 2 is 1.76 bits per heavy atom. The highest BCUT2D eigenvalue weighted by Crippen LogP contribution is 2.45. The third-order valence-corrected chi connectivity index (χ3v) is 5.00. The van der Waals surface area contributed by atoms with Crippen molar-refractivity contribution in [3.05, 3.63) is 69.2 Å². The molecule has 0 spiro atoms. The first-order valence-corrected chi connectivity index (χ1v) is 7.74. The van der Waals surface area contributed by atoms with Crippen LogP contribution in [0.15, 0.2) is 42.5 Å². The maximum Gasteiger partial charge on any atom is 0.168 e. The SMILES string of the molecule is CC1(C)C[C@@H](c2ccc(Cl)c(Cl)c2)c2ccccc2C1=O. The maximum atomic E-state index is 12.6. The van der Waals surface area contributed by atoms with Gasteiger partial charge in [-0.15, -0.1) is 0 Å². The lowest BCUT2D eigenvalue weighted by Crippen LogP contribution is -2.33. The van der Waals surface area contributed by atoms with Gasteiger partial charge in [0.05, 0.1) is 10.0 Å². The van der Waals surface area contributed by atoms with Crippen molar-refractivity contribution in [3.8, 4) is 0 Å². The number of carbonyl (C=O) groups excluding carboxylic acids is 1. The summed E-state index contributed by atoms with van der Waals surface area (Å²) >= 11 is 12.2. The Balaban J connectivity index is 2.16. The van der Waals surface area contributed by atoms with Crippen molar-refractivity contribution in [1.82, 2.24) is 0 Å². The lowest BCUT2D eigenvalue weighted by atomic mass is 9.66. The van der Waals surface area contributed by atoms with Crippen LogP contribution in [0.1, 0.15) is 47.7 Å². The minimum absolute atomic E-state index is 0.170. The molecule has 2 aromatic rings. The van der Waals surface area contributed by atoms with Crippen LogP contribution in [0.3, 0.4) is 0 Å². The molecule has 0 saturated heterocycles. The van der Waals surface area contributed by atoms with Gasteiger partial charge in [0.2, 0.25) is 0 Å². The van der Waals surface area contributed by atoms with Gasteiger partial charge in [-0.25, -0.2) is 0 Å². The number of ketones is 1. The molecule has 21 heavy (non-hydrogen) atoms. The van der Waals surface area contributed by atoms with E-state index in [4.69, 9.17) is 23.2 Å². The minimum atomic E-state index is -0.370. The topological polar surface area (TPSA) is 17.1 Å². The number of rotatable bonds is 1. The summed E-state index contributed by atoms with van der Waals surface area (Å²) in [6.45, 7) is 4.02. The Morgan fingerprint density at radius 3 is 2.48 bits per heavy atom. The molecule has 1 aliphatic rings. The van der Waals surface area contributed by atoms with E-state index in [0.717, 1.165) is 23.1 Å². The van der Waals surface area contributed by atoms with Crippen molar-refractivity contribution in [2.75, 3.05) is 0 Å². The largest absolute Gasteiger partial charge is 0.294 e. The van der Waals surface area contributed by atoms with E-state index in [0.29, 0.717) is 10.0 Å². The Hall–Kier alpha value is -1.31. The van der Waals surface area contributed by atoms with Gasteiger partial charge >= 0.3 is 0 Å². The summed E-state index contributed by atoms with van der Waals surface area (Å²) in [6, 6.07) is 13.6. The van der Waals surface area contributed by atoms with Gasteiger partial charge in [0, 0.05) is 16.9 Å². The monoisotopic (exact) mass is 318 g/mol. The van der Waals surface area contributed by atoms with Gasteiger partial charge in [0.25, 0.3) is 0 Å². The van der Waals surface area contributed by atoms with E-state index in [1.54, 1.807) is 0 Å². The fourth-order valence-corrected chi connectivity index (χ4v) is 3.42. The summed E-state index contributed by atoms with van der Waals surface area (Å²) in [5, 5.41) is 1.11. The average molecular weight is 319 g/mol. The van der Waals surface area contributed by atoms with E-state index in [9.17, 15) is 4.79 Å². The normalized spacial score (nSPS) is 20.2. The molecule has 3 heteroatoms. The van der Waals surface area contributed by atoms with Crippen molar-refractivity contribution in [2.24, 2.45) is 5.41 Å². The van der Waals surface area contributed by atoms with Crippen LogP contribution in [0.2, 0.25) is 10.0 Å². The standard InChI is InChI=1S/C18H16Cl2O/c1-18(2)10-14(11-7-8-15(19)16(20)9-11)12-5-3-4-6-13(12)17(18)21/h3-9,14H,10H2,1-2H3/t14-/m0/s1. The molecule has 2 aromatic carbocycles. The second-order valence-corrected chi connectivity index (χ2v) is 7.04. The Kier molecular flexibility index (Phi) is 3.59. The van der Waals surface area contributed by atoms with Crippen LogP contribution < -0.4 is 0 Å². The van der Waals surface area contributed by atoms with Crippen molar-refractivity contribution < 1.29 is 4.79 Å². The van der Waals surface area contributed by atoms with Gasteiger partial charge in [-0.05, 0) is 29.7 Å². The van der Waals surface area contributed by atoms with Crippen LogP contribution in [-0.2, 0) is 0 Å². The first-order chi connectivity index (χ1) is 9.90. The Morgan fingerprint density at radius 1 is 1.05 bits per heavy atom. The van der Waals surface area contributed by atoms with E-state index in [1.165, 1.54) is 0 Å². The summed E-state index contributed by atoms with van der Waals surface area (Å²) in [5.41, 5.74) is 2.65. The second-order valence-electron chi connectivity index (χ2n) is 6.23. The average Bonchev–Trinajstić information content (AvgIpc) is 2.46. The van der Waals surface area contributed by atoms with E-state index < -0.39 is 0 Å². The minimum Gasteiger partial charge on any atom is -0.294 e. The lowest BCUT2D eigenvalue weighted by molar-refractivity contribution is 0.0802. The van der Waals surface area contributed by atoms with Crippen molar-refractivity contribution in [2.45, 2.75) is 26.2 Å². The molecule has 0 bridgehead atoms. The van der Waals surface area contributed by atoms with Crippen LogP contribution in [0, 0.1) is 5.41 Å². The number of Topliss-reactive ketones (excluding diaryl/α,β-unsaturated/α-hetero) is 1. The molecule has 0 amide bonds. The summed E-state index contributed by atoms with van der Waals surface area (Å²) in [5.74, 6) is 0.387. The summed E-state index contributed by atoms with van der Waals surface area (Å²) < 4.78 is 0. The third-order valence-electron chi connectivity index (χ3n) is 4.26. The van der Waals surface area contributed by atoms with Gasteiger partial charge in [0.1, 0.15) is 0 Å². The summed E-state index contributed by atoms with van der Waals surface area (Å²) in [7, 11) is 0. The predicted molar refractivity (Wildman–Crippen MR) is 87.5 cm³/mol. The van der Waals surface area contributed by atoms with Gasteiger partial charge in [-0.2, -0.15) is 0 Å². The molecule has 1 aliphatic carbocycles. The van der Waals surface area contributed by atoms with E-state index >= 15 is 0 Å². The van der Waals surface area contributed by atoms with Crippen LogP contribution in [0.25, 0.3) is 0 Å². The van der Waals surface area contributed by atoms with Gasteiger partial charge in [-0.1, -0.05) is 67.4 Å². The van der Waals surface area contributed by atoms with Crippen molar-refractivity contribution in [1.29, 1.82) is 0 Å². The third kappa shape index (κ3) is 2.49. The molecular formula is C18H16Cl2O. The molecule has 0 aromatic heterocycles. The second kappa shape index (κ2) is 5.15. The molecule has 0 heterocycles. The molecule has 0 aliphatic heterocycles. The van der Waals surface area contributed by atoms with Crippen LogP contribution in [-0.4, -0.2) is 5.78 Å². The number of hydrogen-bond acceptors (Lipinski definition) is 1. The number of benzene rings is 2. The summed E-state index contributed by atoms with van der Waals surface area (Å²) in [4.78, 5) is 12.6. The highest BCUT2D eigenvalue weighted by molar-refractivity contribution is 6.42. The molecule has 0 N–H and O–H groups in total. The zero-order valence-electron chi connectivity index (χ0n) is 12.0. The van der Waals surface area contributed by atoms with Crippen LogP contribution in [0.4, 0.5) is 0 Å². The first-order valence-electron chi connectivity index (χ1n) is 6.99. The Labute approximate surface area is 134 Å². The molecule has 1 nitrogen and oxygen atoms in total. The van der Waals surface area contributed by atoms with Crippen LogP contribution >= 0.6 is 23.2 Å². The first kappa shape index (κ1) is 14.6.